The lowest BCUT2D eigenvalue weighted by Gasteiger charge is -2.17. The van der Waals surface area contributed by atoms with Crippen molar-refractivity contribution in [3.63, 3.8) is 0 Å². The van der Waals surface area contributed by atoms with Crippen LogP contribution >= 0.6 is 0 Å². The molecule has 0 atom stereocenters. The molecule has 0 saturated carbocycles. The second-order valence-corrected chi connectivity index (χ2v) is 3.32. The highest BCUT2D eigenvalue weighted by Gasteiger charge is 2.22. The summed E-state index contributed by atoms with van der Waals surface area (Å²) in [4.78, 5) is 10.9. The predicted molar refractivity (Wildman–Crippen MR) is 54.9 cm³/mol. The summed E-state index contributed by atoms with van der Waals surface area (Å²) in [7, 11) is 2.72. The molecule has 0 aliphatic heterocycles. The molecule has 1 aromatic rings. The van der Waals surface area contributed by atoms with Crippen LogP contribution in [0, 0.1) is 12.7 Å². The van der Waals surface area contributed by atoms with Gasteiger partial charge in [0.25, 0.3) is 0 Å². The number of hydrogen-bond donors (Lipinski definition) is 1. The van der Waals surface area contributed by atoms with E-state index in [1.807, 2.05) is 0 Å². The van der Waals surface area contributed by atoms with Gasteiger partial charge in [0.15, 0.2) is 6.29 Å². The quantitative estimate of drug-likeness (QED) is 0.802. The third-order valence-electron chi connectivity index (χ3n) is 2.16. The van der Waals surface area contributed by atoms with Gasteiger partial charge < -0.3 is 14.6 Å². The minimum absolute atomic E-state index is 0.176. The van der Waals surface area contributed by atoms with E-state index < -0.39 is 23.6 Å². The van der Waals surface area contributed by atoms with Crippen molar-refractivity contribution in [2.24, 2.45) is 0 Å². The molecule has 16 heavy (non-hydrogen) atoms. The maximum absolute atomic E-state index is 13.5. The summed E-state index contributed by atoms with van der Waals surface area (Å²) in [6, 6.07) is 2.69. The van der Waals surface area contributed by atoms with E-state index in [0.717, 1.165) is 6.07 Å². The fourth-order valence-corrected chi connectivity index (χ4v) is 1.53. The molecule has 0 heterocycles. The van der Waals surface area contributed by atoms with Crippen molar-refractivity contribution < 1.29 is 23.8 Å². The molecular formula is C11H13FO4. The summed E-state index contributed by atoms with van der Waals surface area (Å²) < 4.78 is 23.4. The maximum atomic E-state index is 13.5. The molecule has 0 radical (unpaired) electrons. The van der Waals surface area contributed by atoms with Gasteiger partial charge >= 0.3 is 5.97 Å². The lowest BCUT2D eigenvalue weighted by molar-refractivity contribution is -0.106. The Morgan fingerprint density at radius 3 is 2.38 bits per heavy atom. The van der Waals surface area contributed by atoms with Crippen molar-refractivity contribution in [3.05, 3.63) is 34.6 Å². The average Bonchev–Trinajstić information content (AvgIpc) is 2.17. The Balaban J connectivity index is 3.39. The Morgan fingerprint density at radius 1 is 1.38 bits per heavy atom. The van der Waals surface area contributed by atoms with E-state index in [9.17, 15) is 9.18 Å². The summed E-state index contributed by atoms with van der Waals surface area (Å²) in [5.74, 6) is -2.13. The number of hydrogen-bond acceptors (Lipinski definition) is 3. The molecule has 0 unspecified atom stereocenters. The molecule has 4 nitrogen and oxygen atoms in total. The average molecular weight is 228 g/mol. The summed E-state index contributed by atoms with van der Waals surface area (Å²) in [6.45, 7) is 1.67. The van der Waals surface area contributed by atoms with Crippen molar-refractivity contribution in [1.29, 1.82) is 0 Å². The Hall–Kier alpha value is -1.46. The van der Waals surface area contributed by atoms with Gasteiger partial charge in [-0.25, -0.2) is 9.18 Å². The Labute approximate surface area is 92.6 Å². The minimum Gasteiger partial charge on any atom is -0.478 e. The monoisotopic (exact) mass is 228 g/mol. The normalized spacial score (nSPS) is 10.8. The predicted octanol–water partition coefficient (Wildman–Crippen LogP) is 2.12. The van der Waals surface area contributed by atoms with Crippen LogP contribution < -0.4 is 0 Å². The number of aryl methyl sites for hydroxylation is 1. The molecule has 0 bridgehead atoms. The van der Waals surface area contributed by atoms with E-state index in [1.165, 1.54) is 20.3 Å². The lowest BCUT2D eigenvalue weighted by Crippen LogP contribution is -2.13. The third-order valence-corrected chi connectivity index (χ3v) is 2.16. The molecule has 0 saturated heterocycles. The van der Waals surface area contributed by atoms with Crippen molar-refractivity contribution in [3.8, 4) is 0 Å². The molecule has 1 rings (SSSR count). The first-order chi connectivity index (χ1) is 7.51. The van der Waals surface area contributed by atoms with Crippen molar-refractivity contribution in [2.75, 3.05) is 14.2 Å². The molecule has 0 amide bonds. The fraction of sp³-hybridized carbons (Fsp3) is 0.364. The van der Waals surface area contributed by atoms with Gasteiger partial charge in [-0.05, 0) is 24.6 Å². The number of halogens is 1. The molecule has 0 aliphatic carbocycles. The van der Waals surface area contributed by atoms with Crippen LogP contribution in [0.1, 0.15) is 27.8 Å². The number of aromatic carboxylic acids is 1. The molecule has 1 aromatic carbocycles. The molecular weight excluding hydrogens is 215 g/mol. The summed E-state index contributed by atoms with van der Waals surface area (Å²) in [5.41, 5.74) is 0.367. The van der Waals surface area contributed by atoms with Gasteiger partial charge in [0, 0.05) is 19.8 Å². The van der Waals surface area contributed by atoms with Gasteiger partial charge in [-0.3, -0.25) is 0 Å². The molecule has 0 spiro atoms. The second-order valence-electron chi connectivity index (χ2n) is 3.32. The van der Waals surface area contributed by atoms with Gasteiger partial charge in [0.05, 0.1) is 0 Å². The van der Waals surface area contributed by atoms with Crippen molar-refractivity contribution >= 4 is 5.97 Å². The highest BCUT2D eigenvalue weighted by Crippen LogP contribution is 2.25. The SMILES string of the molecule is COC(OC)c1cc(C)cc(F)c1C(=O)O. The first-order valence-electron chi connectivity index (χ1n) is 4.60. The number of rotatable bonds is 4. The van der Waals surface area contributed by atoms with E-state index >= 15 is 0 Å². The van der Waals surface area contributed by atoms with Gasteiger partial charge in [-0.15, -0.1) is 0 Å². The van der Waals surface area contributed by atoms with E-state index in [1.54, 1.807) is 6.92 Å². The number of carboxylic acids is 1. The van der Waals surface area contributed by atoms with Gasteiger partial charge in [0.2, 0.25) is 0 Å². The van der Waals surface area contributed by atoms with Crippen LogP contribution in [-0.4, -0.2) is 25.3 Å². The molecule has 0 fully saturated rings. The number of carbonyl (C=O) groups is 1. The van der Waals surface area contributed by atoms with Gasteiger partial charge in [-0.1, -0.05) is 0 Å². The molecule has 0 aliphatic rings. The van der Waals surface area contributed by atoms with Crippen LogP contribution in [0.25, 0.3) is 0 Å². The Kier molecular flexibility index (Phi) is 3.98. The van der Waals surface area contributed by atoms with Gasteiger partial charge in [-0.2, -0.15) is 0 Å². The lowest BCUT2D eigenvalue weighted by atomic mass is 10.0. The molecule has 0 aromatic heterocycles. The zero-order chi connectivity index (χ0) is 12.3. The second kappa shape index (κ2) is 5.05. The van der Waals surface area contributed by atoms with Crippen LogP contribution in [0.5, 0.6) is 0 Å². The third kappa shape index (κ3) is 2.37. The van der Waals surface area contributed by atoms with Crippen molar-refractivity contribution in [2.45, 2.75) is 13.2 Å². The smallest absolute Gasteiger partial charge is 0.339 e. The molecule has 5 heteroatoms. The number of benzene rings is 1. The highest BCUT2D eigenvalue weighted by atomic mass is 19.1. The molecule has 1 N–H and O–H groups in total. The summed E-state index contributed by atoms with van der Waals surface area (Å²) >= 11 is 0. The summed E-state index contributed by atoms with van der Waals surface area (Å²) in [6.07, 6.45) is -0.888. The van der Waals surface area contributed by atoms with E-state index in [2.05, 4.69) is 0 Å². The molecule has 88 valence electrons. The fourth-order valence-electron chi connectivity index (χ4n) is 1.53. The topological polar surface area (TPSA) is 55.8 Å². The first-order valence-corrected chi connectivity index (χ1v) is 4.60. The largest absolute Gasteiger partial charge is 0.478 e. The maximum Gasteiger partial charge on any atom is 0.339 e. The number of methoxy groups -OCH3 is 2. The van der Waals surface area contributed by atoms with Crippen LogP contribution in [-0.2, 0) is 9.47 Å². The first kappa shape index (κ1) is 12.6. The highest BCUT2D eigenvalue weighted by molar-refractivity contribution is 5.90. The summed E-state index contributed by atoms with van der Waals surface area (Å²) in [5, 5.41) is 8.93. The Bertz CT molecular complexity index is 399. The van der Waals surface area contributed by atoms with Crippen LogP contribution in [0.15, 0.2) is 12.1 Å². The zero-order valence-electron chi connectivity index (χ0n) is 9.28. The van der Waals surface area contributed by atoms with Crippen molar-refractivity contribution in [1.82, 2.24) is 0 Å². The van der Waals surface area contributed by atoms with E-state index in [4.69, 9.17) is 14.6 Å². The van der Waals surface area contributed by atoms with E-state index in [0.29, 0.717) is 5.56 Å². The van der Waals surface area contributed by atoms with Gasteiger partial charge in [0.1, 0.15) is 11.4 Å². The standard InChI is InChI=1S/C11H13FO4/c1-6-4-7(11(15-2)16-3)9(10(13)14)8(12)5-6/h4-5,11H,1-3H3,(H,13,14). The Morgan fingerprint density at radius 2 is 1.94 bits per heavy atom. The van der Waals surface area contributed by atoms with Crippen LogP contribution in [0.4, 0.5) is 4.39 Å². The van der Waals surface area contributed by atoms with Crippen LogP contribution in [0.3, 0.4) is 0 Å². The van der Waals surface area contributed by atoms with Crippen LogP contribution in [0.2, 0.25) is 0 Å². The number of carboxylic acid groups (broad SMARTS) is 1. The minimum atomic E-state index is -1.34. The number of ether oxygens (including phenoxy) is 2. The zero-order valence-corrected chi connectivity index (χ0v) is 9.28. The van der Waals surface area contributed by atoms with E-state index in [-0.39, 0.29) is 5.56 Å².